The maximum Gasteiger partial charge on any atom is 0.132 e. The lowest BCUT2D eigenvalue weighted by Crippen LogP contribution is -2.19. The molecule has 1 saturated carbocycles. The number of nitrogens with zero attached hydrogens (tertiary/aromatic N) is 3. The van der Waals surface area contributed by atoms with E-state index in [0.29, 0.717) is 5.92 Å². The van der Waals surface area contributed by atoms with Crippen LogP contribution in [0.3, 0.4) is 0 Å². The van der Waals surface area contributed by atoms with Gasteiger partial charge in [0.1, 0.15) is 5.82 Å². The minimum absolute atomic E-state index is 0.122. The maximum absolute atomic E-state index is 5.29. The third kappa shape index (κ3) is 3.43. The maximum atomic E-state index is 5.29. The average Bonchev–Trinajstić information content (AvgIpc) is 3.48. The SMILES string of the molecule is CC1(C)c2ccccc2-c2c1n(-c1ccc3nc(C4CCCCC4)nc(-c4ccccc4)c3c1)c1ccccc21. The van der Waals surface area contributed by atoms with E-state index in [0.717, 1.165) is 33.7 Å². The normalized spacial score (nSPS) is 16.4. The van der Waals surface area contributed by atoms with E-state index in [4.69, 9.17) is 9.97 Å². The molecule has 8 rings (SSSR count). The summed E-state index contributed by atoms with van der Waals surface area (Å²) in [6.45, 7) is 4.73. The summed E-state index contributed by atoms with van der Waals surface area (Å²) in [4.78, 5) is 10.5. The van der Waals surface area contributed by atoms with Crippen LogP contribution >= 0.6 is 0 Å². The third-order valence-electron chi connectivity index (χ3n) is 9.31. The van der Waals surface area contributed by atoms with Crippen LogP contribution < -0.4 is 0 Å². The van der Waals surface area contributed by atoms with Crippen LogP contribution in [0.4, 0.5) is 0 Å². The van der Waals surface area contributed by atoms with Crippen LogP contribution in [0.25, 0.3) is 49.9 Å². The van der Waals surface area contributed by atoms with Gasteiger partial charge in [-0.3, -0.25) is 0 Å². The van der Waals surface area contributed by atoms with Crippen LogP contribution in [-0.4, -0.2) is 14.5 Å². The van der Waals surface area contributed by atoms with Gasteiger partial charge in [0.05, 0.1) is 16.7 Å². The zero-order chi connectivity index (χ0) is 26.8. The molecule has 2 aliphatic carbocycles. The Morgan fingerprint density at radius 3 is 2.33 bits per heavy atom. The fraction of sp³-hybridized carbons (Fsp3) is 0.243. The Balaban J connectivity index is 1.40. The monoisotopic (exact) mass is 519 g/mol. The van der Waals surface area contributed by atoms with Gasteiger partial charge < -0.3 is 4.57 Å². The molecule has 0 aliphatic heterocycles. The Kier molecular flexibility index (Phi) is 5.25. The van der Waals surface area contributed by atoms with Gasteiger partial charge in [0, 0.05) is 44.6 Å². The van der Waals surface area contributed by atoms with Crippen LogP contribution in [0.15, 0.2) is 97.1 Å². The zero-order valence-corrected chi connectivity index (χ0v) is 23.2. The summed E-state index contributed by atoms with van der Waals surface area (Å²) in [5.41, 5.74) is 11.0. The molecule has 0 atom stereocenters. The number of hydrogen-bond donors (Lipinski definition) is 0. The number of aromatic nitrogens is 3. The smallest absolute Gasteiger partial charge is 0.132 e. The van der Waals surface area contributed by atoms with Crippen molar-refractivity contribution in [2.75, 3.05) is 0 Å². The van der Waals surface area contributed by atoms with Crippen LogP contribution in [0.1, 0.15) is 69.0 Å². The predicted molar refractivity (Wildman–Crippen MR) is 165 cm³/mol. The van der Waals surface area contributed by atoms with Gasteiger partial charge in [0.25, 0.3) is 0 Å². The van der Waals surface area contributed by atoms with Crippen molar-refractivity contribution < 1.29 is 0 Å². The van der Waals surface area contributed by atoms with Crippen molar-refractivity contribution in [2.45, 2.75) is 57.3 Å². The second-order valence-electron chi connectivity index (χ2n) is 12.1. The number of benzene rings is 4. The highest BCUT2D eigenvalue weighted by Crippen LogP contribution is 2.53. The topological polar surface area (TPSA) is 30.7 Å². The number of fused-ring (bicyclic) bond motifs is 6. The molecule has 3 heteroatoms. The molecule has 0 bridgehead atoms. The van der Waals surface area contributed by atoms with Gasteiger partial charge in [-0.25, -0.2) is 9.97 Å². The molecule has 4 aromatic carbocycles. The van der Waals surface area contributed by atoms with E-state index >= 15 is 0 Å². The van der Waals surface area contributed by atoms with Gasteiger partial charge >= 0.3 is 0 Å². The van der Waals surface area contributed by atoms with Gasteiger partial charge in [0.2, 0.25) is 0 Å². The minimum atomic E-state index is -0.122. The fourth-order valence-electron chi connectivity index (χ4n) is 7.38. The molecular formula is C37H33N3. The van der Waals surface area contributed by atoms with E-state index in [2.05, 4.69) is 115 Å². The predicted octanol–water partition coefficient (Wildman–Crippen LogP) is 9.59. The van der Waals surface area contributed by atoms with Crippen LogP contribution in [0, 0.1) is 0 Å². The Hall–Kier alpha value is -4.24. The molecule has 0 unspecified atom stereocenters. The van der Waals surface area contributed by atoms with Gasteiger partial charge in [-0.2, -0.15) is 0 Å². The summed E-state index contributed by atoms with van der Waals surface area (Å²) in [6.07, 6.45) is 6.25. The Bertz CT molecular complexity index is 1910. The first-order chi connectivity index (χ1) is 19.6. The largest absolute Gasteiger partial charge is 0.312 e. The molecule has 3 nitrogen and oxygen atoms in total. The van der Waals surface area contributed by atoms with E-state index < -0.39 is 0 Å². The van der Waals surface area contributed by atoms with Gasteiger partial charge in [0.15, 0.2) is 0 Å². The molecule has 40 heavy (non-hydrogen) atoms. The number of para-hydroxylation sites is 1. The van der Waals surface area contributed by atoms with Crippen molar-refractivity contribution in [1.82, 2.24) is 14.5 Å². The first-order valence-corrected chi connectivity index (χ1v) is 14.7. The van der Waals surface area contributed by atoms with Crippen molar-refractivity contribution in [3.8, 4) is 28.1 Å². The van der Waals surface area contributed by atoms with Crippen LogP contribution in [0.2, 0.25) is 0 Å². The van der Waals surface area contributed by atoms with E-state index in [-0.39, 0.29) is 5.41 Å². The molecular weight excluding hydrogens is 486 g/mol. The molecule has 0 amide bonds. The number of hydrogen-bond acceptors (Lipinski definition) is 2. The van der Waals surface area contributed by atoms with E-state index in [9.17, 15) is 0 Å². The van der Waals surface area contributed by atoms with E-state index in [1.807, 2.05) is 0 Å². The molecule has 0 saturated heterocycles. The summed E-state index contributed by atoms with van der Waals surface area (Å²) >= 11 is 0. The molecule has 6 aromatic rings. The minimum Gasteiger partial charge on any atom is -0.312 e. The summed E-state index contributed by atoms with van der Waals surface area (Å²) in [5, 5.41) is 2.42. The highest BCUT2D eigenvalue weighted by atomic mass is 15.0. The second-order valence-corrected chi connectivity index (χ2v) is 12.1. The molecule has 0 spiro atoms. The lowest BCUT2D eigenvalue weighted by atomic mass is 9.85. The van der Waals surface area contributed by atoms with Gasteiger partial charge in [-0.1, -0.05) is 106 Å². The fourth-order valence-corrected chi connectivity index (χ4v) is 7.38. The molecule has 196 valence electrons. The highest BCUT2D eigenvalue weighted by molar-refractivity contribution is 6.04. The Morgan fingerprint density at radius 2 is 1.48 bits per heavy atom. The summed E-state index contributed by atoms with van der Waals surface area (Å²) in [6, 6.07) is 35.3. The molecule has 0 radical (unpaired) electrons. The zero-order valence-electron chi connectivity index (χ0n) is 23.2. The standard InChI is InChI=1S/C37H33N3/c1-37(2)30-19-11-9-17-27(30)33-28-18-10-12-20-32(28)40(35(33)37)26-21-22-31-29(23-26)34(24-13-5-3-6-14-24)39-36(38-31)25-15-7-4-8-16-25/h3,5-6,9-14,17-23,25H,4,7-8,15-16H2,1-2H3. The molecule has 2 aliphatic rings. The van der Waals surface area contributed by atoms with Crippen molar-refractivity contribution in [2.24, 2.45) is 0 Å². The Morgan fingerprint density at radius 1 is 0.725 bits per heavy atom. The Labute approximate surface area is 235 Å². The molecule has 1 fully saturated rings. The van der Waals surface area contributed by atoms with E-state index in [1.165, 1.54) is 65.4 Å². The van der Waals surface area contributed by atoms with Gasteiger partial charge in [-0.05, 0) is 48.2 Å². The molecule has 2 heterocycles. The van der Waals surface area contributed by atoms with Crippen molar-refractivity contribution in [3.05, 3.63) is 114 Å². The third-order valence-corrected chi connectivity index (χ3v) is 9.31. The average molecular weight is 520 g/mol. The molecule has 2 aromatic heterocycles. The lowest BCUT2D eigenvalue weighted by Gasteiger charge is -2.25. The molecule has 0 N–H and O–H groups in total. The van der Waals surface area contributed by atoms with Crippen molar-refractivity contribution in [1.29, 1.82) is 0 Å². The van der Waals surface area contributed by atoms with Crippen molar-refractivity contribution >= 4 is 21.8 Å². The quantitative estimate of drug-likeness (QED) is 0.233. The number of rotatable bonds is 3. The van der Waals surface area contributed by atoms with Crippen molar-refractivity contribution in [3.63, 3.8) is 0 Å². The van der Waals surface area contributed by atoms with Crippen LogP contribution in [-0.2, 0) is 5.41 Å². The lowest BCUT2D eigenvalue weighted by molar-refractivity contribution is 0.430. The summed E-state index contributed by atoms with van der Waals surface area (Å²) in [5.74, 6) is 1.47. The summed E-state index contributed by atoms with van der Waals surface area (Å²) < 4.78 is 2.49. The first-order valence-electron chi connectivity index (χ1n) is 14.7. The first kappa shape index (κ1) is 23.6. The second kappa shape index (κ2) is 8.89. The van der Waals surface area contributed by atoms with Gasteiger partial charge in [-0.15, -0.1) is 0 Å². The van der Waals surface area contributed by atoms with Crippen LogP contribution in [0.5, 0.6) is 0 Å². The highest BCUT2D eigenvalue weighted by Gasteiger charge is 2.40. The van der Waals surface area contributed by atoms with E-state index in [1.54, 1.807) is 0 Å². The summed E-state index contributed by atoms with van der Waals surface area (Å²) in [7, 11) is 0.